The maximum absolute atomic E-state index is 12.8. The molecule has 0 aromatic heterocycles. The van der Waals surface area contributed by atoms with E-state index in [2.05, 4.69) is 24.1 Å². The standard InChI is InChI=1S/C19H32N4O4S/c1-15(2)12-16(21(3)4)14-20-18-9-8-17(13-19(18)23(24)25)28(26,27)22-10-6-5-7-11-22/h8-9,13,15-16,20H,5-7,10-12,14H2,1-4H3/t16-/m0/s1. The van der Waals surface area contributed by atoms with Crippen LogP contribution in [0.4, 0.5) is 11.4 Å². The van der Waals surface area contributed by atoms with E-state index in [0.717, 1.165) is 25.7 Å². The van der Waals surface area contributed by atoms with Gasteiger partial charge < -0.3 is 10.2 Å². The van der Waals surface area contributed by atoms with Gasteiger partial charge in [-0.25, -0.2) is 8.42 Å². The van der Waals surface area contributed by atoms with E-state index in [0.29, 0.717) is 31.2 Å². The molecule has 0 bridgehead atoms. The zero-order valence-electron chi connectivity index (χ0n) is 17.2. The Hall–Kier alpha value is -1.71. The first-order valence-electron chi connectivity index (χ1n) is 9.81. The number of benzene rings is 1. The third kappa shape index (κ3) is 5.65. The molecular weight excluding hydrogens is 380 g/mol. The zero-order valence-corrected chi connectivity index (χ0v) is 18.0. The quantitative estimate of drug-likeness (QED) is 0.494. The molecule has 0 saturated carbocycles. The lowest BCUT2D eigenvalue weighted by atomic mass is 10.0. The van der Waals surface area contributed by atoms with Crippen molar-refractivity contribution in [2.75, 3.05) is 39.0 Å². The summed E-state index contributed by atoms with van der Waals surface area (Å²) < 4.78 is 27.1. The molecule has 1 heterocycles. The molecule has 1 fully saturated rings. The lowest BCUT2D eigenvalue weighted by Gasteiger charge is -2.27. The summed E-state index contributed by atoms with van der Waals surface area (Å²) in [4.78, 5) is 13.1. The summed E-state index contributed by atoms with van der Waals surface area (Å²) in [6, 6.07) is 4.37. The van der Waals surface area contributed by atoms with Gasteiger partial charge in [0, 0.05) is 31.7 Å². The van der Waals surface area contributed by atoms with Crippen molar-refractivity contribution < 1.29 is 13.3 Å². The van der Waals surface area contributed by atoms with Crippen molar-refractivity contribution in [2.45, 2.75) is 50.5 Å². The summed E-state index contributed by atoms with van der Waals surface area (Å²) in [5, 5.41) is 14.7. The van der Waals surface area contributed by atoms with Crippen molar-refractivity contribution in [1.82, 2.24) is 9.21 Å². The van der Waals surface area contributed by atoms with E-state index in [1.165, 1.54) is 22.5 Å². The zero-order chi connectivity index (χ0) is 20.9. The topological polar surface area (TPSA) is 95.8 Å². The summed E-state index contributed by atoms with van der Waals surface area (Å²) in [6.07, 6.45) is 3.61. The van der Waals surface area contributed by atoms with Gasteiger partial charge in [0.05, 0.1) is 9.82 Å². The molecule has 1 N–H and O–H groups in total. The van der Waals surface area contributed by atoms with Crippen molar-refractivity contribution in [3.63, 3.8) is 0 Å². The summed E-state index contributed by atoms with van der Waals surface area (Å²) in [5.74, 6) is 0.501. The van der Waals surface area contributed by atoms with Crippen LogP contribution >= 0.6 is 0 Å². The number of nitro groups is 1. The highest BCUT2D eigenvalue weighted by Crippen LogP contribution is 2.30. The van der Waals surface area contributed by atoms with E-state index in [1.807, 2.05) is 14.1 Å². The van der Waals surface area contributed by atoms with Crippen molar-refractivity contribution in [3.05, 3.63) is 28.3 Å². The fourth-order valence-corrected chi connectivity index (χ4v) is 5.01. The minimum Gasteiger partial charge on any atom is -0.378 e. The van der Waals surface area contributed by atoms with E-state index >= 15 is 0 Å². The average molecular weight is 413 g/mol. The first-order chi connectivity index (χ1) is 13.1. The molecule has 1 atom stereocenters. The Morgan fingerprint density at radius 2 is 1.86 bits per heavy atom. The van der Waals surface area contributed by atoms with Gasteiger partial charge in [-0.05, 0) is 51.4 Å². The van der Waals surface area contributed by atoms with Crippen molar-refractivity contribution in [2.24, 2.45) is 5.92 Å². The molecule has 28 heavy (non-hydrogen) atoms. The second-order valence-electron chi connectivity index (χ2n) is 8.03. The van der Waals surface area contributed by atoms with E-state index in [4.69, 9.17) is 0 Å². The Balaban J connectivity index is 2.24. The summed E-state index contributed by atoms with van der Waals surface area (Å²) in [5.41, 5.74) is 0.137. The third-order valence-electron chi connectivity index (χ3n) is 5.12. The van der Waals surface area contributed by atoms with Crippen molar-refractivity contribution in [1.29, 1.82) is 0 Å². The first kappa shape index (κ1) is 22.6. The van der Waals surface area contributed by atoms with Crippen LogP contribution in [0.25, 0.3) is 0 Å². The van der Waals surface area contributed by atoms with Gasteiger partial charge in [-0.3, -0.25) is 10.1 Å². The smallest absolute Gasteiger partial charge is 0.293 e. The average Bonchev–Trinajstić information content (AvgIpc) is 2.65. The first-order valence-corrected chi connectivity index (χ1v) is 11.3. The number of hydrogen-bond donors (Lipinski definition) is 1. The second kappa shape index (κ2) is 9.67. The minimum absolute atomic E-state index is 0.0158. The largest absolute Gasteiger partial charge is 0.378 e. The molecule has 8 nitrogen and oxygen atoms in total. The Morgan fingerprint density at radius 3 is 2.39 bits per heavy atom. The molecular formula is C19H32N4O4S. The second-order valence-corrected chi connectivity index (χ2v) is 9.97. The van der Waals surface area contributed by atoms with Gasteiger partial charge in [-0.1, -0.05) is 20.3 Å². The molecule has 1 aromatic carbocycles. The van der Waals surface area contributed by atoms with Crippen LogP contribution in [0.15, 0.2) is 23.1 Å². The maximum Gasteiger partial charge on any atom is 0.293 e. The normalized spacial score (nSPS) is 17.1. The Bertz CT molecular complexity index is 774. The van der Waals surface area contributed by atoms with E-state index < -0.39 is 14.9 Å². The van der Waals surface area contributed by atoms with Gasteiger partial charge in [0.15, 0.2) is 0 Å². The van der Waals surface area contributed by atoms with Crippen LogP contribution in [-0.4, -0.2) is 62.3 Å². The van der Waals surface area contributed by atoms with Gasteiger partial charge >= 0.3 is 0 Å². The molecule has 0 spiro atoms. The summed E-state index contributed by atoms with van der Waals surface area (Å²) >= 11 is 0. The fraction of sp³-hybridized carbons (Fsp3) is 0.684. The van der Waals surface area contributed by atoms with E-state index in [1.54, 1.807) is 0 Å². The van der Waals surface area contributed by atoms with Crippen molar-refractivity contribution in [3.8, 4) is 0 Å². The molecule has 1 aliphatic rings. The van der Waals surface area contributed by atoms with Crippen LogP contribution < -0.4 is 5.32 Å². The van der Waals surface area contributed by atoms with Gasteiger partial charge in [-0.2, -0.15) is 4.31 Å². The number of likely N-dealkylation sites (N-methyl/N-ethyl adjacent to an activating group) is 1. The number of nitro benzene ring substituents is 1. The molecule has 0 aliphatic carbocycles. The highest BCUT2D eigenvalue weighted by Gasteiger charge is 2.28. The van der Waals surface area contributed by atoms with Crippen LogP contribution in [0.2, 0.25) is 0 Å². The Morgan fingerprint density at radius 1 is 1.21 bits per heavy atom. The SMILES string of the molecule is CC(C)C[C@@H](CNc1ccc(S(=O)(=O)N2CCCCC2)cc1[N+](=O)[O-])N(C)C. The van der Waals surface area contributed by atoms with Gasteiger partial charge in [0.1, 0.15) is 5.69 Å². The highest BCUT2D eigenvalue weighted by molar-refractivity contribution is 7.89. The fourth-order valence-electron chi connectivity index (χ4n) is 3.48. The van der Waals surface area contributed by atoms with Crippen LogP contribution in [0.1, 0.15) is 39.5 Å². The van der Waals surface area contributed by atoms with Gasteiger partial charge in [-0.15, -0.1) is 0 Å². The van der Waals surface area contributed by atoms with Gasteiger partial charge in [0.25, 0.3) is 5.69 Å². The number of anilines is 1. The number of rotatable bonds is 9. The maximum atomic E-state index is 12.8. The lowest BCUT2D eigenvalue weighted by Crippen LogP contribution is -2.36. The highest BCUT2D eigenvalue weighted by atomic mass is 32.2. The molecule has 158 valence electrons. The van der Waals surface area contributed by atoms with Crippen LogP contribution in [-0.2, 0) is 10.0 Å². The van der Waals surface area contributed by atoms with Crippen LogP contribution in [0.5, 0.6) is 0 Å². The minimum atomic E-state index is -3.70. The van der Waals surface area contributed by atoms with E-state index in [9.17, 15) is 18.5 Å². The Labute approximate surface area is 168 Å². The predicted molar refractivity (Wildman–Crippen MR) is 111 cm³/mol. The van der Waals surface area contributed by atoms with Crippen LogP contribution in [0, 0.1) is 16.0 Å². The number of sulfonamides is 1. The van der Waals surface area contributed by atoms with E-state index in [-0.39, 0.29) is 16.6 Å². The Kier molecular flexibility index (Phi) is 7.79. The lowest BCUT2D eigenvalue weighted by molar-refractivity contribution is -0.384. The molecule has 1 aliphatic heterocycles. The predicted octanol–water partition coefficient (Wildman–Crippen LogP) is 3.16. The molecule has 0 amide bonds. The van der Waals surface area contributed by atoms with Crippen molar-refractivity contribution >= 4 is 21.4 Å². The molecule has 1 saturated heterocycles. The summed E-state index contributed by atoms with van der Waals surface area (Å²) in [7, 11) is 0.265. The number of nitrogens with zero attached hydrogens (tertiary/aromatic N) is 3. The molecule has 0 unspecified atom stereocenters. The molecule has 9 heteroatoms. The third-order valence-corrected chi connectivity index (χ3v) is 7.02. The number of nitrogens with one attached hydrogen (secondary N) is 1. The monoisotopic (exact) mass is 412 g/mol. The summed E-state index contributed by atoms with van der Waals surface area (Å²) in [6.45, 7) is 5.76. The number of piperidine rings is 1. The molecule has 1 aromatic rings. The molecule has 0 radical (unpaired) electrons. The van der Waals surface area contributed by atoms with Gasteiger partial charge in [0.2, 0.25) is 10.0 Å². The van der Waals surface area contributed by atoms with Crippen LogP contribution in [0.3, 0.4) is 0 Å². The number of hydrogen-bond acceptors (Lipinski definition) is 6. The molecule has 2 rings (SSSR count).